The SMILES string of the molecule is CCCCCCCCCCCCCCCCCC(N)c1ccc(C)c(C)c1C.Cl. The summed E-state index contributed by atoms with van der Waals surface area (Å²) in [5.74, 6) is 0. The first kappa shape index (κ1) is 28.5. The first-order valence-corrected chi connectivity index (χ1v) is 12.4. The van der Waals surface area contributed by atoms with Gasteiger partial charge in [-0.25, -0.2) is 0 Å². The molecular formula is C27H50ClN. The van der Waals surface area contributed by atoms with E-state index in [0.29, 0.717) is 0 Å². The monoisotopic (exact) mass is 423 g/mol. The van der Waals surface area contributed by atoms with Crippen LogP contribution < -0.4 is 5.73 Å². The first-order chi connectivity index (χ1) is 13.6. The van der Waals surface area contributed by atoms with Crippen molar-refractivity contribution >= 4 is 12.4 Å². The summed E-state index contributed by atoms with van der Waals surface area (Å²) in [6.45, 7) is 8.92. The Morgan fingerprint density at radius 3 is 1.48 bits per heavy atom. The molecule has 0 saturated heterocycles. The maximum atomic E-state index is 6.47. The summed E-state index contributed by atoms with van der Waals surface area (Å²) < 4.78 is 0. The summed E-state index contributed by atoms with van der Waals surface area (Å²) in [4.78, 5) is 0. The Hall–Kier alpha value is -0.530. The fourth-order valence-electron chi connectivity index (χ4n) is 4.27. The molecule has 1 atom stereocenters. The molecule has 0 saturated carbocycles. The highest BCUT2D eigenvalue weighted by molar-refractivity contribution is 5.85. The standard InChI is InChI=1S/C27H49N.ClH/c1-5-6-7-8-9-10-11-12-13-14-15-16-17-18-19-20-27(28)26-22-21-23(2)24(3)25(26)4;/h21-22,27H,5-20,28H2,1-4H3;1H. The highest BCUT2D eigenvalue weighted by atomic mass is 35.5. The van der Waals surface area contributed by atoms with Crippen LogP contribution in [0, 0.1) is 20.8 Å². The van der Waals surface area contributed by atoms with Gasteiger partial charge < -0.3 is 5.73 Å². The number of aryl methyl sites for hydroxylation is 1. The number of unbranched alkanes of at least 4 members (excludes halogenated alkanes) is 14. The van der Waals surface area contributed by atoms with E-state index in [2.05, 4.69) is 39.8 Å². The van der Waals surface area contributed by atoms with E-state index in [1.54, 1.807) is 0 Å². The average Bonchev–Trinajstić information content (AvgIpc) is 2.69. The van der Waals surface area contributed by atoms with Crippen molar-refractivity contribution in [2.45, 2.75) is 136 Å². The van der Waals surface area contributed by atoms with E-state index < -0.39 is 0 Å². The molecule has 1 unspecified atom stereocenters. The van der Waals surface area contributed by atoms with Gasteiger partial charge >= 0.3 is 0 Å². The van der Waals surface area contributed by atoms with E-state index in [1.165, 1.54) is 119 Å². The van der Waals surface area contributed by atoms with Crippen molar-refractivity contribution in [2.75, 3.05) is 0 Å². The summed E-state index contributed by atoms with van der Waals surface area (Å²) in [5.41, 5.74) is 12.0. The fourth-order valence-corrected chi connectivity index (χ4v) is 4.27. The van der Waals surface area contributed by atoms with Gasteiger partial charge in [0.2, 0.25) is 0 Å². The molecule has 2 heteroatoms. The number of rotatable bonds is 17. The molecule has 170 valence electrons. The number of hydrogen-bond acceptors (Lipinski definition) is 1. The van der Waals surface area contributed by atoms with Crippen LogP contribution in [0.1, 0.15) is 138 Å². The second-order valence-corrected chi connectivity index (χ2v) is 9.07. The van der Waals surface area contributed by atoms with Gasteiger partial charge in [-0.15, -0.1) is 12.4 Å². The lowest BCUT2D eigenvalue weighted by molar-refractivity contribution is 0.519. The van der Waals surface area contributed by atoms with Crippen LogP contribution in [-0.4, -0.2) is 0 Å². The second-order valence-electron chi connectivity index (χ2n) is 9.07. The van der Waals surface area contributed by atoms with Crippen molar-refractivity contribution in [2.24, 2.45) is 5.73 Å². The van der Waals surface area contributed by atoms with Crippen LogP contribution in [0.4, 0.5) is 0 Å². The zero-order valence-electron chi connectivity index (χ0n) is 20.0. The molecule has 0 aliphatic carbocycles. The lowest BCUT2D eigenvalue weighted by atomic mass is 9.92. The van der Waals surface area contributed by atoms with Crippen LogP contribution in [0.15, 0.2) is 12.1 Å². The average molecular weight is 424 g/mol. The van der Waals surface area contributed by atoms with Crippen molar-refractivity contribution in [3.05, 3.63) is 34.4 Å². The zero-order valence-corrected chi connectivity index (χ0v) is 20.8. The second kappa shape index (κ2) is 18.3. The number of benzene rings is 1. The smallest absolute Gasteiger partial charge is 0.0297 e. The van der Waals surface area contributed by atoms with Gasteiger partial charge in [0.25, 0.3) is 0 Å². The topological polar surface area (TPSA) is 26.0 Å². The van der Waals surface area contributed by atoms with Crippen molar-refractivity contribution in [1.29, 1.82) is 0 Å². The molecule has 29 heavy (non-hydrogen) atoms. The molecule has 0 bridgehead atoms. The minimum absolute atomic E-state index is 0. The third-order valence-electron chi connectivity index (χ3n) is 6.62. The van der Waals surface area contributed by atoms with E-state index >= 15 is 0 Å². The maximum Gasteiger partial charge on any atom is 0.0297 e. The molecule has 0 aliphatic rings. The molecule has 1 nitrogen and oxygen atoms in total. The molecule has 1 aromatic rings. The maximum absolute atomic E-state index is 6.47. The van der Waals surface area contributed by atoms with E-state index in [1.807, 2.05) is 0 Å². The minimum atomic E-state index is 0. The normalized spacial score (nSPS) is 12.0. The molecule has 0 heterocycles. The van der Waals surface area contributed by atoms with Crippen molar-refractivity contribution < 1.29 is 0 Å². The highest BCUT2D eigenvalue weighted by Crippen LogP contribution is 2.25. The molecule has 0 fully saturated rings. The van der Waals surface area contributed by atoms with Crippen molar-refractivity contribution in [3.63, 3.8) is 0 Å². The van der Waals surface area contributed by atoms with Gasteiger partial charge in [0.15, 0.2) is 0 Å². The van der Waals surface area contributed by atoms with Crippen LogP contribution in [0.25, 0.3) is 0 Å². The molecule has 0 spiro atoms. The van der Waals surface area contributed by atoms with Crippen LogP contribution >= 0.6 is 12.4 Å². The third kappa shape index (κ3) is 12.7. The van der Waals surface area contributed by atoms with Crippen LogP contribution in [0.5, 0.6) is 0 Å². The van der Waals surface area contributed by atoms with Crippen molar-refractivity contribution in [1.82, 2.24) is 0 Å². The molecule has 0 aromatic heterocycles. The lowest BCUT2D eigenvalue weighted by Gasteiger charge is -2.17. The summed E-state index contributed by atoms with van der Waals surface area (Å²) in [7, 11) is 0. The first-order valence-electron chi connectivity index (χ1n) is 12.4. The fraction of sp³-hybridized carbons (Fsp3) is 0.778. The number of hydrogen-bond donors (Lipinski definition) is 1. The summed E-state index contributed by atoms with van der Waals surface area (Å²) >= 11 is 0. The van der Waals surface area contributed by atoms with Gasteiger partial charge in [-0.05, 0) is 49.4 Å². The predicted molar refractivity (Wildman–Crippen MR) is 134 cm³/mol. The summed E-state index contributed by atoms with van der Waals surface area (Å²) in [5, 5.41) is 0. The lowest BCUT2D eigenvalue weighted by Crippen LogP contribution is -2.12. The molecule has 0 radical (unpaired) electrons. The van der Waals surface area contributed by atoms with Crippen molar-refractivity contribution in [3.8, 4) is 0 Å². The summed E-state index contributed by atoms with van der Waals surface area (Å²) in [6.07, 6.45) is 22.4. The Kier molecular flexibility index (Phi) is 17.9. The van der Waals surface area contributed by atoms with Crippen LogP contribution in [0.3, 0.4) is 0 Å². The van der Waals surface area contributed by atoms with E-state index in [-0.39, 0.29) is 18.4 Å². The largest absolute Gasteiger partial charge is 0.324 e. The van der Waals surface area contributed by atoms with Gasteiger partial charge in [-0.3, -0.25) is 0 Å². The van der Waals surface area contributed by atoms with Crippen LogP contribution in [0.2, 0.25) is 0 Å². The highest BCUT2D eigenvalue weighted by Gasteiger charge is 2.11. The molecule has 1 aromatic carbocycles. The van der Waals surface area contributed by atoms with E-state index in [0.717, 1.165) is 6.42 Å². The predicted octanol–water partition coefficient (Wildman–Crippen LogP) is 9.29. The Labute approximate surface area is 189 Å². The zero-order chi connectivity index (χ0) is 20.6. The van der Waals surface area contributed by atoms with Gasteiger partial charge in [-0.2, -0.15) is 0 Å². The molecule has 1 rings (SSSR count). The minimum Gasteiger partial charge on any atom is -0.324 e. The molecular weight excluding hydrogens is 374 g/mol. The third-order valence-corrected chi connectivity index (χ3v) is 6.62. The van der Waals surface area contributed by atoms with Gasteiger partial charge in [0, 0.05) is 6.04 Å². The van der Waals surface area contributed by atoms with Gasteiger partial charge in [0.1, 0.15) is 0 Å². The number of nitrogens with two attached hydrogens (primary N) is 1. The molecule has 0 amide bonds. The Morgan fingerprint density at radius 2 is 1.03 bits per heavy atom. The molecule has 2 N–H and O–H groups in total. The van der Waals surface area contributed by atoms with Gasteiger partial charge in [-0.1, -0.05) is 115 Å². The van der Waals surface area contributed by atoms with Gasteiger partial charge in [0.05, 0.1) is 0 Å². The van der Waals surface area contributed by atoms with E-state index in [9.17, 15) is 0 Å². The number of halogens is 1. The van der Waals surface area contributed by atoms with E-state index in [4.69, 9.17) is 5.73 Å². The molecule has 0 aliphatic heterocycles. The van der Waals surface area contributed by atoms with Crippen LogP contribution in [-0.2, 0) is 0 Å². The summed E-state index contributed by atoms with van der Waals surface area (Å²) in [6, 6.07) is 4.68. The quantitative estimate of drug-likeness (QED) is 0.248. The Balaban J connectivity index is 0.00000784. The Morgan fingerprint density at radius 1 is 0.621 bits per heavy atom. The Bertz CT molecular complexity index is 512.